The zero-order chi connectivity index (χ0) is 17.2. The Kier molecular flexibility index (Phi) is 3.78. The first-order chi connectivity index (χ1) is 12.2. The number of oxazole rings is 1. The van der Waals surface area contributed by atoms with Crippen molar-refractivity contribution < 1.29 is 9.15 Å². The molecule has 0 saturated heterocycles. The van der Waals surface area contributed by atoms with Crippen LogP contribution in [0.5, 0.6) is 5.75 Å². The van der Waals surface area contributed by atoms with Crippen LogP contribution in [0.25, 0.3) is 22.6 Å². The number of benzene rings is 1. The zero-order valence-corrected chi connectivity index (χ0v) is 13.5. The molecule has 4 rings (SSSR count). The van der Waals surface area contributed by atoms with Crippen LogP contribution in [0, 0.1) is 0 Å². The second-order valence-corrected chi connectivity index (χ2v) is 5.67. The van der Waals surface area contributed by atoms with E-state index in [2.05, 4.69) is 9.97 Å². The maximum atomic E-state index is 11.4. The van der Waals surface area contributed by atoms with E-state index in [1.807, 2.05) is 30.3 Å². The van der Waals surface area contributed by atoms with Crippen LogP contribution in [0.3, 0.4) is 0 Å². The Morgan fingerprint density at radius 1 is 1.20 bits per heavy atom. The lowest BCUT2D eigenvalue weighted by Gasteiger charge is -2.07. The minimum Gasteiger partial charge on any atom is -0.489 e. The lowest BCUT2D eigenvalue weighted by Crippen LogP contribution is -2.15. The molecule has 25 heavy (non-hydrogen) atoms. The number of ether oxygens (including phenoxy) is 1. The Bertz CT molecular complexity index is 1080. The molecule has 0 saturated carbocycles. The van der Waals surface area contributed by atoms with Crippen molar-refractivity contribution >= 4 is 11.1 Å². The van der Waals surface area contributed by atoms with Gasteiger partial charge in [0.25, 0.3) is 0 Å². The number of rotatable bonds is 4. The smallest absolute Gasteiger partial charge is 0.250 e. The predicted octanol–water partition coefficient (Wildman–Crippen LogP) is 3.17. The standard InChI is InChI=1S/C19H15N3O3/c1-22-11-13(4-7-18(22)23)12-24-15-5-6-17-16(9-15)21-19(25-17)14-3-2-8-20-10-14/h2-11H,12H2,1H3. The van der Waals surface area contributed by atoms with E-state index < -0.39 is 0 Å². The normalized spacial score (nSPS) is 10.9. The Labute approximate surface area is 143 Å². The average molecular weight is 333 g/mol. The first-order valence-corrected chi connectivity index (χ1v) is 7.78. The molecular weight excluding hydrogens is 318 g/mol. The molecule has 0 fully saturated rings. The molecule has 6 heteroatoms. The molecule has 0 N–H and O–H groups in total. The van der Waals surface area contributed by atoms with Gasteiger partial charge < -0.3 is 13.7 Å². The molecule has 6 nitrogen and oxygen atoms in total. The van der Waals surface area contributed by atoms with Crippen LogP contribution in [0.4, 0.5) is 0 Å². The summed E-state index contributed by atoms with van der Waals surface area (Å²) >= 11 is 0. The zero-order valence-electron chi connectivity index (χ0n) is 13.5. The fourth-order valence-corrected chi connectivity index (χ4v) is 2.51. The molecule has 0 aliphatic rings. The summed E-state index contributed by atoms with van der Waals surface area (Å²) in [5.41, 5.74) is 3.10. The first-order valence-electron chi connectivity index (χ1n) is 7.78. The van der Waals surface area contributed by atoms with Crippen LogP contribution in [0.2, 0.25) is 0 Å². The van der Waals surface area contributed by atoms with Gasteiger partial charge in [0.1, 0.15) is 17.9 Å². The lowest BCUT2D eigenvalue weighted by atomic mass is 10.3. The molecule has 0 spiro atoms. The molecule has 3 heterocycles. The van der Waals surface area contributed by atoms with Crippen molar-refractivity contribution in [3.63, 3.8) is 0 Å². The van der Waals surface area contributed by atoms with Gasteiger partial charge in [-0.3, -0.25) is 9.78 Å². The van der Waals surface area contributed by atoms with Gasteiger partial charge in [0, 0.05) is 43.3 Å². The number of hydrogen-bond donors (Lipinski definition) is 0. The summed E-state index contributed by atoms with van der Waals surface area (Å²) in [7, 11) is 1.72. The highest BCUT2D eigenvalue weighted by atomic mass is 16.5. The summed E-state index contributed by atoms with van der Waals surface area (Å²) < 4.78 is 13.1. The van der Waals surface area contributed by atoms with Gasteiger partial charge in [0.15, 0.2) is 5.58 Å². The van der Waals surface area contributed by atoms with Crippen LogP contribution in [0.15, 0.2) is 70.3 Å². The molecule has 3 aromatic heterocycles. The molecule has 4 aromatic rings. The van der Waals surface area contributed by atoms with E-state index in [1.165, 1.54) is 10.6 Å². The highest BCUT2D eigenvalue weighted by Crippen LogP contribution is 2.26. The molecule has 1 aromatic carbocycles. The molecule has 0 amide bonds. The Hall–Kier alpha value is -3.41. The van der Waals surface area contributed by atoms with E-state index in [9.17, 15) is 4.79 Å². The van der Waals surface area contributed by atoms with Crippen molar-refractivity contribution in [3.8, 4) is 17.2 Å². The van der Waals surface area contributed by atoms with E-state index in [4.69, 9.17) is 9.15 Å². The molecule has 124 valence electrons. The van der Waals surface area contributed by atoms with Crippen molar-refractivity contribution in [1.82, 2.24) is 14.5 Å². The van der Waals surface area contributed by atoms with Crippen molar-refractivity contribution in [3.05, 3.63) is 77.0 Å². The topological polar surface area (TPSA) is 70.2 Å². The number of nitrogens with zero attached hydrogens (tertiary/aromatic N) is 3. The van der Waals surface area contributed by atoms with E-state index in [1.54, 1.807) is 31.7 Å². The summed E-state index contributed by atoms with van der Waals surface area (Å²) in [6.45, 7) is 0.368. The van der Waals surface area contributed by atoms with E-state index in [0.29, 0.717) is 23.8 Å². The molecule has 0 bridgehead atoms. The number of hydrogen-bond acceptors (Lipinski definition) is 5. The summed E-state index contributed by atoms with van der Waals surface area (Å²) in [6.07, 6.45) is 5.18. The predicted molar refractivity (Wildman–Crippen MR) is 93.3 cm³/mol. The van der Waals surface area contributed by atoms with Crippen LogP contribution in [0.1, 0.15) is 5.56 Å². The van der Waals surface area contributed by atoms with Gasteiger partial charge in [-0.15, -0.1) is 0 Å². The molecule has 0 aliphatic carbocycles. The summed E-state index contributed by atoms with van der Waals surface area (Å²) in [5.74, 6) is 1.21. The number of fused-ring (bicyclic) bond motifs is 1. The molecule has 0 radical (unpaired) electrons. The molecule has 0 atom stereocenters. The highest BCUT2D eigenvalue weighted by molar-refractivity contribution is 5.77. The summed E-state index contributed by atoms with van der Waals surface area (Å²) in [6, 6.07) is 12.5. The van der Waals surface area contributed by atoms with Crippen molar-refractivity contribution in [2.75, 3.05) is 0 Å². The minimum atomic E-state index is -0.0457. The number of aryl methyl sites for hydroxylation is 1. The Balaban J connectivity index is 1.56. The largest absolute Gasteiger partial charge is 0.489 e. The van der Waals surface area contributed by atoms with Crippen LogP contribution in [-0.2, 0) is 13.7 Å². The van der Waals surface area contributed by atoms with Crippen LogP contribution >= 0.6 is 0 Å². The minimum absolute atomic E-state index is 0.0457. The van der Waals surface area contributed by atoms with Crippen molar-refractivity contribution in [2.24, 2.45) is 7.05 Å². The highest BCUT2D eigenvalue weighted by Gasteiger charge is 2.09. The third kappa shape index (κ3) is 3.14. The fourth-order valence-electron chi connectivity index (χ4n) is 2.51. The molecular formula is C19H15N3O3. The van der Waals surface area contributed by atoms with Gasteiger partial charge >= 0.3 is 0 Å². The quantitative estimate of drug-likeness (QED) is 0.574. The third-order valence-corrected chi connectivity index (χ3v) is 3.82. The maximum absolute atomic E-state index is 11.4. The Morgan fingerprint density at radius 2 is 2.12 bits per heavy atom. The second-order valence-electron chi connectivity index (χ2n) is 5.67. The first kappa shape index (κ1) is 15.1. The van der Waals surface area contributed by atoms with Gasteiger partial charge in [-0.2, -0.15) is 0 Å². The average Bonchev–Trinajstić information content (AvgIpc) is 3.07. The van der Waals surface area contributed by atoms with Gasteiger partial charge in [0.05, 0.1) is 5.56 Å². The summed E-state index contributed by atoms with van der Waals surface area (Å²) in [4.78, 5) is 20.0. The fraction of sp³-hybridized carbons (Fsp3) is 0.105. The van der Waals surface area contributed by atoms with E-state index in [0.717, 1.165) is 16.6 Å². The van der Waals surface area contributed by atoms with Crippen LogP contribution < -0.4 is 10.3 Å². The molecule has 0 unspecified atom stereocenters. The van der Waals surface area contributed by atoms with Crippen molar-refractivity contribution in [1.29, 1.82) is 0 Å². The maximum Gasteiger partial charge on any atom is 0.250 e. The van der Waals surface area contributed by atoms with E-state index >= 15 is 0 Å². The lowest BCUT2D eigenvalue weighted by molar-refractivity contribution is 0.305. The van der Waals surface area contributed by atoms with Gasteiger partial charge in [-0.25, -0.2) is 4.98 Å². The monoisotopic (exact) mass is 333 g/mol. The van der Waals surface area contributed by atoms with Gasteiger partial charge in [0.2, 0.25) is 11.4 Å². The van der Waals surface area contributed by atoms with E-state index in [-0.39, 0.29) is 5.56 Å². The summed E-state index contributed by atoms with van der Waals surface area (Å²) in [5, 5.41) is 0. The molecule has 0 aliphatic heterocycles. The van der Waals surface area contributed by atoms with Crippen LogP contribution in [-0.4, -0.2) is 14.5 Å². The van der Waals surface area contributed by atoms with Gasteiger partial charge in [-0.1, -0.05) is 0 Å². The van der Waals surface area contributed by atoms with Crippen molar-refractivity contribution in [2.45, 2.75) is 6.61 Å². The van der Waals surface area contributed by atoms with Gasteiger partial charge in [-0.05, 0) is 30.3 Å². The number of pyridine rings is 2. The second kappa shape index (κ2) is 6.24. The SMILES string of the molecule is Cn1cc(COc2ccc3oc(-c4cccnc4)nc3c2)ccc1=O. The number of aromatic nitrogens is 3. The Morgan fingerprint density at radius 3 is 2.92 bits per heavy atom. The third-order valence-electron chi connectivity index (χ3n) is 3.82.